The lowest BCUT2D eigenvalue weighted by molar-refractivity contribution is -0.118. The van der Waals surface area contributed by atoms with Gasteiger partial charge in [0.05, 0.1) is 12.3 Å². The molecule has 5 heteroatoms. The van der Waals surface area contributed by atoms with Crippen LogP contribution in [0.25, 0.3) is 6.08 Å². The molecule has 0 radical (unpaired) electrons. The summed E-state index contributed by atoms with van der Waals surface area (Å²) in [6.07, 6.45) is 3.77. The van der Waals surface area contributed by atoms with E-state index in [0.717, 1.165) is 23.1 Å². The second kappa shape index (κ2) is 9.74. The summed E-state index contributed by atoms with van der Waals surface area (Å²) >= 11 is 0. The largest absolute Gasteiger partial charge is 0.465 e. The van der Waals surface area contributed by atoms with Gasteiger partial charge in [-0.05, 0) is 55.7 Å². The van der Waals surface area contributed by atoms with Crippen LogP contribution in [0.15, 0.2) is 77.0 Å². The number of carbonyl (C=O) groups excluding carboxylic acids is 2. The molecule has 2 aromatic carbocycles. The lowest BCUT2D eigenvalue weighted by Crippen LogP contribution is -2.37. The van der Waals surface area contributed by atoms with E-state index in [4.69, 9.17) is 4.42 Å². The first-order valence-electron chi connectivity index (χ1n) is 9.97. The summed E-state index contributed by atoms with van der Waals surface area (Å²) in [7, 11) is 0. The van der Waals surface area contributed by atoms with Crippen molar-refractivity contribution in [3.05, 3.63) is 101 Å². The van der Waals surface area contributed by atoms with Gasteiger partial charge in [0.15, 0.2) is 0 Å². The van der Waals surface area contributed by atoms with Gasteiger partial charge in [-0.15, -0.1) is 0 Å². The third-order valence-corrected chi connectivity index (χ3v) is 4.88. The van der Waals surface area contributed by atoms with Gasteiger partial charge in [-0.2, -0.15) is 0 Å². The van der Waals surface area contributed by atoms with Crippen molar-refractivity contribution < 1.29 is 14.0 Å². The zero-order valence-electron chi connectivity index (χ0n) is 17.4. The first-order valence-corrected chi connectivity index (χ1v) is 9.97. The van der Waals surface area contributed by atoms with Crippen molar-refractivity contribution >= 4 is 17.9 Å². The van der Waals surface area contributed by atoms with Gasteiger partial charge in [-0.25, -0.2) is 0 Å². The lowest BCUT2D eigenvalue weighted by atomic mass is 9.99. The van der Waals surface area contributed by atoms with Crippen molar-refractivity contribution in [1.29, 1.82) is 0 Å². The van der Waals surface area contributed by atoms with Gasteiger partial charge < -0.3 is 15.1 Å². The number of carbonyl (C=O) groups is 2. The Morgan fingerprint density at radius 2 is 1.83 bits per heavy atom. The molecule has 1 atom stereocenters. The molecule has 0 aliphatic rings. The fourth-order valence-electron chi connectivity index (χ4n) is 3.27. The Kier molecular flexibility index (Phi) is 6.86. The molecule has 3 aromatic rings. The predicted octanol–water partition coefficient (Wildman–Crippen LogP) is 4.93. The minimum Gasteiger partial charge on any atom is -0.465 e. The molecule has 0 spiro atoms. The zero-order chi connectivity index (χ0) is 21.5. The quantitative estimate of drug-likeness (QED) is 0.550. The second-order valence-corrected chi connectivity index (χ2v) is 7.19. The molecule has 154 valence electrons. The number of aryl methyl sites for hydroxylation is 2. The molecule has 5 nitrogen and oxygen atoms in total. The van der Waals surface area contributed by atoms with Crippen molar-refractivity contribution in [1.82, 2.24) is 10.6 Å². The summed E-state index contributed by atoms with van der Waals surface area (Å²) in [5, 5.41) is 5.79. The van der Waals surface area contributed by atoms with Crippen molar-refractivity contribution in [2.75, 3.05) is 0 Å². The number of hydrogen-bond donors (Lipinski definition) is 2. The van der Waals surface area contributed by atoms with Crippen LogP contribution >= 0.6 is 0 Å². The summed E-state index contributed by atoms with van der Waals surface area (Å²) in [4.78, 5) is 25.9. The van der Waals surface area contributed by atoms with E-state index in [1.54, 1.807) is 24.3 Å². The van der Waals surface area contributed by atoms with Gasteiger partial charge in [0.25, 0.3) is 11.8 Å². The second-order valence-electron chi connectivity index (χ2n) is 7.19. The van der Waals surface area contributed by atoms with Crippen molar-refractivity contribution in [2.24, 2.45) is 0 Å². The molecule has 0 saturated heterocycles. The summed E-state index contributed by atoms with van der Waals surface area (Å²) in [5.41, 5.74) is 3.73. The molecule has 3 rings (SSSR count). The molecule has 0 aliphatic carbocycles. The molecule has 1 aromatic heterocycles. The highest BCUT2D eigenvalue weighted by molar-refractivity contribution is 6.05. The van der Waals surface area contributed by atoms with Crippen LogP contribution in [0, 0.1) is 13.8 Å². The molecular weight excluding hydrogens is 376 g/mol. The number of hydrogen-bond acceptors (Lipinski definition) is 3. The predicted molar refractivity (Wildman–Crippen MR) is 118 cm³/mol. The Hall–Kier alpha value is -3.60. The molecular formula is C25H26N2O3. The number of nitrogens with one attached hydrogen (secondary N) is 2. The molecule has 1 heterocycles. The number of benzene rings is 2. The van der Waals surface area contributed by atoms with Crippen molar-refractivity contribution in [3.63, 3.8) is 0 Å². The highest BCUT2D eigenvalue weighted by Gasteiger charge is 2.20. The fourth-order valence-corrected chi connectivity index (χ4v) is 3.27. The molecule has 0 fully saturated rings. The van der Waals surface area contributed by atoms with E-state index in [1.165, 1.54) is 12.3 Å². The van der Waals surface area contributed by atoms with Gasteiger partial charge in [-0.3, -0.25) is 9.59 Å². The third kappa shape index (κ3) is 5.26. The zero-order valence-corrected chi connectivity index (χ0v) is 17.4. The van der Waals surface area contributed by atoms with E-state index >= 15 is 0 Å². The highest BCUT2D eigenvalue weighted by atomic mass is 16.3. The Bertz CT molecular complexity index is 1050. The van der Waals surface area contributed by atoms with E-state index < -0.39 is 0 Å². The van der Waals surface area contributed by atoms with E-state index in [-0.39, 0.29) is 23.6 Å². The van der Waals surface area contributed by atoms with Crippen molar-refractivity contribution in [2.45, 2.75) is 33.2 Å². The summed E-state index contributed by atoms with van der Waals surface area (Å²) < 4.78 is 5.35. The third-order valence-electron chi connectivity index (χ3n) is 4.88. The Morgan fingerprint density at radius 1 is 1.03 bits per heavy atom. The Balaban J connectivity index is 1.85. The molecule has 30 heavy (non-hydrogen) atoms. The van der Waals surface area contributed by atoms with Crippen LogP contribution in [0.5, 0.6) is 0 Å². The van der Waals surface area contributed by atoms with Crippen molar-refractivity contribution in [3.8, 4) is 0 Å². The van der Waals surface area contributed by atoms with Gasteiger partial charge >= 0.3 is 0 Å². The fraction of sp³-hybridized carbons (Fsp3) is 0.200. The SMILES string of the molecule is CCC(NC(=O)/C(=C/c1ccco1)NC(=O)c1cccc(C)c1)c1ccccc1C. The number of furan rings is 1. The first-order chi connectivity index (χ1) is 14.5. The summed E-state index contributed by atoms with van der Waals surface area (Å²) in [5.74, 6) is -0.244. The van der Waals surface area contributed by atoms with Gasteiger partial charge in [-0.1, -0.05) is 48.9 Å². The van der Waals surface area contributed by atoms with Gasteiger partial charge in [0.1, 0.15) is 11.5 Å². The van der Waals surface area contributed by atoms with Crippen LogP contribution in [0.2, 0.25) is 0 Å². The average Bonchev–Trinajstić information content (AvgIpc) is 3.25. The molecule has 2 amide bonds. The summed E-state index contributed by atoms with van der Waals surface area (Å²) in [6.45, 7) is 5.94. The molecule has 1 unspecified atom stereocenters. The molecule has 0 saturated carbocycles. The van der Waals surface area contributed by atoms with Crippen LogP contribution in [-0.2, 0) is 4.79 Å². The van der Waals surface area contributed by atoms with Crippen LogP contribution in [0.4, 0.5) is 0 Å². The van der Waals surface area contributed by atoms with Gasteiger partial charge in [0.2, 0.25) is 0 Å². The topological polar surface area (TPSA) is 71.3 Å². The number of amides is 2. The molecule has 0 bridgehead atoms. The maximum atomic E-state index is 13.1. The summed E-state index contributed by atoms with van der Waals surface area (Å²) in [6, 6.07) is 18.4. The maximum Gasteiger partial charge on any atom is 0.268 e. The van der Waals surface area contributed by atoms with Crippen LogP contribution < -0.4 is 10.6 Å². The van der Waals surface area contributed by atoms with Crippen LogP contribution in [0.3, 0.4) is 0 Å². The minimum absolute atomic E-state index is 0.128. The Labute approximate surface area is 176 Å². The average molecular weight is 402 g/mol. The van der Waals surface area contributed by atoms with E-state index in [0.29, 0.717) is 11.3 Å². The standard InChI is InChI=1S/C25H26N2O3/c1-4-22(21-13-6-5-10-18(21)3)26-25(29)23(16-20-12-8-14-30-20)27-24(28)19-11-7-9-17(2)15-19/h5-16,22H,4H2,1-3H3,(H,26,29)(H,27,28)/b23-16-. The van der Waals surface area contributed by atoms with E-state index in [2.05, 4.69) is 10.6 Å². The van der Waals surface area contributed by atoms with Crippen LogP contribution in [-0.4, -0.2) is 11.8 Å². The van der Waals surface area contributed by atoms with Crippen LogP contribution in [0.1, 0.15) is 52.2 Å². The van der Waals surface area contributed by atoms with E-state index in [9.17, 15) is 9.59 Å². The highest BCUT2D eigenvalue weighted by Crippen LogP contribution is 2.21. The smallest absolute Gasteiger partial charge is 0.268 e. The van der Waals surface area contributed by atoms with E-state index in [1.807, 2.05) is 57.2 Å². The lowest BCUT2D eigenvalue weighted by Gasteiger charge is -2.20. The molecule has 2 N–H and O–H groups in total. The minimum atomic E-state index is -0.373. The normalized spacial score (nSPS) is 12.3. The first kappa shape index (κ1) is 21.1. The number of rotatable bonds is 7. The maximum absolute atomic E-state index is 13.1. The monoisotopic (exact) mass is 402 g/mol. The Morgan fingerprint density at radius 3 is 2.50 bits per heavy atom. The molecule has 0 aliphatic heterocycles. The van der Waals surface area contributed by atoms with Gasteiger partial charge in [0, 0.05) is 11.6 Å².